The summed E-state index contributed by atoms with van der Waals surface area (Å²) in [7, 11) is 3.10. The molecule has 0 unspecified atom stereocenters. The molecule has 0 bridgehead atoms. The molecule has 6 nitrogen and oxygen atoms in total. The van der Waals surface area contributed by atoms with Gasteiger partial charge < -0.3 is 23.4 Å². The minimum atomic E-state index is -0.476. The zero-order chi connectivity index (χ0) is 19.8. The lowest BCUT2D eigenvalue weighted by molar-refractivity contribution is 0.239. The van der Waals surface area contributed by atoms with E-state index in [0.717, 1.165) is 5.56 Å². The van der Waals surface area contributed by atoms with E-state index < -0.39 is 5.63 Å². The first-order valence-corrected chi connectivity index (χ1v) is 8.46. The van der Waals surface area contributed by atoms with E-state index in [1.807, 2.05) is 13.8 Å². The van der Waals surface area contributed by atoms with Crippen molar-refractivity contribution >= 4 is 12.2 Å². The molecule has 0 fully saturated rings. The molecule has 0 radical (unpaired) electrons. The standard InChI is InChI=1S/C21H24O6/c1-6-9-25-21-18(23-4)10-15(11-19(21)24-5)7-8-16-12-17(26-14(2)3)13-20(22)27-16/h6-8,10-14H,1,9H2,2-5H3/b8-7+. The third kappa shape index (κ3) is 5.67. The van der Waals surface area contributed by atoms with E-state index in [2.05, 4.69) is 6.58 Å². The first-order valence-electron chi connectivity index (χ1n) is 8.46. The number of hydrogen-bond donors (Lipinski definition) is 0. The molecule has 0 atom stereocenters. The molecule has 0 aliphatic carbocycles. The maximum absolute atomic E-state index is 11.7. The molecule has 2 aromatic rings. The van der Waals surface area contributed by atoms with Gasteiger partial charge in [0, 0.05) is 6.07 Å². The number of rotatable bonds is 9. The first-order chi connectivity index (χ1) is 13.0. The van der Waals surface area contributed by atoms with Crippen molar-refractivity contribution in [3.8, 4) is 23.0 Å². The van der Waals surface area contributed by atoms with Crippen molar-refractivity contribution in [3.63, 3.8) is 0 Å². The first kappa shape index (κ1) is 20.2. The molecule has 27 heavy (non-hydrogen) atoms. The summed E-state index contributed by atoms with van der Waals surface area (Å²) in [4.78, 5) is 11.7. The Morgan fingerprint density at radius 1 is 1.07 bits per heavy atom. The van der Waals surface area contributed by atoms with Gasteiger partial charge in [0.25, 0.3) is 0 Å². The van der Waals surface area contributed by atoms with Gasteiger partial charge in [0.2, 0.25) is 5.75 Å². The Labute approximate surface area is 158 Å². The van der Waals surface area contributed by atoms with Gasteiger partial charge in [-0.05, 0) is 37.6 Å². The minimum absolute atomic E-state index is 0.0414. The highest BCUT2D eigenvalue weighted by Crippen LogP contribution is 2.39. The van der Waals surface area contributed by atoms with Crippen molar-refractivity contribution in [1.29, 1.82) is 0 Å². The van der Waals surface area contributed by atoms with Crippen molar-refractivity contribution in [2.45, 2.75) is 20.0 Å². The fraction of sp³-hybridized carbons (Fsp3) is 0.286. The minimum Gasteiger partial charge on any atom is -0.493 e. The number of benzene rings is 1. The van der Waals surface area contributed by atoms with Crippen molar-refractivity contribution in [1.82, 2.24) is 0 Å². The molecule has 1 aromatic carbocycles. The average Bonchev–Trinajstić information content (AvgIpc) is 2.63. The van der Waals surface area contributed by atoms with Gasteiger partial charge in [-0.15, -0.1) is 0 Å². The molecule has 6 heteroatoms. The second-order valence-corrected chi connectivity index (χ2v) is 5.87. The number of methoxy groups -OCH3 is 2. The molecule has 0 N–H and O–H groups in total. The van der Waals surface area contributed by atoms with E-state index in [1.165, 1.54) is 6.07 Å². The van der Waals surface area contributed by atoms with Gasteiger partial charge in [-0.3, -0.25) is 0 Å². The summed E-state index contributed by atoms with van der Waals surface area (Å²) in [5, 5.41) is 0. The van der Waals surface area contributed by atoms with Crippen LogP contribution in [0.15, 0.2) is 46.1 Å². The van der Waals surface area contributed by atoms with E-state index in [-0.39, 0.29) is 6.10 Å². The van der Waals surface area contributed by atoms with E-state index in [9.17, 15) is 4.79 Å². The van der Waals surface area contributed by atoms with E-state index in [0.29, 0.717) is 35.4 Å². The second-order valence-electron chi connectivity index (χ2n) is 5.87. The normalized spacial score (nSPS) is 10.9. The van der Waals surface area contributed by atoms with Gasteiger partial charge in [-0.25, -0.2) is 4.79 Å². The van der Waals surface area contributed by atoms with Crippen LogP contribution in [0.25, 0.3) is 12.2 Å². The van der Waals surface area contributed by atoms with Gasteiger partial charge >= 0.3 is 5.63 Å². The molecule has 0 saturated heterocycles. The molecule has 2 rings (SSSR count). The van der Waals surface area contributed by atoms with Crippen LogP contribution in [0.1, 0.15) is 25.2 Å². The quantitative estimate of drug-likeness (QED) is 0.615. The van der Waals surface area contributed by atoms with Crippen LogP contribution in [0.2, 0.25) is 0 Å². The van der Waals surface area contributed by atoms with Crippen LogP contribution in [-0.4, -0.2) is 26.9 Å². The molecule has 144 valence electrons. The van der Waals surface area contributed by atoms with Crippen LogP contribution >= 0.6 is 0 Å². The van der Waals surface area contributed by atoms with Gasteiger partial charge in [-0.1, -0.05) is 18.7 Å². The Hall–Kier alpha value is -3.15. The fourth-order valence-electron chi connectivity index (χ4n) is 2.35. The Bertz CT molecular complexity index is 838. The van der Waals surface area contributed by atoms with Gasteiger partial charge in [0.05, 0.1) is 26.4 Å². The Balaban J connectivity index is 2.35. The Morgan fingerprint density at radius 3 is 2.30 bits per heavy atom. The lowest BCUT2D eigenvalue weighted by Gasteiger charge is -2.14. The summed E-state index contributed by atoms with van der Waals surface area (Å²) in [6, 6.07) is 6.57. The summed E-state index contributed by atoms with van der Waals surface area (Å²) in [6.45, 7) is 7.74. The van der Waals surface area contributed by atoms with Gasteiger partial charge in [0.1, 0.15) is 18.1 Å². The van der Waals surface area contributed by atoms with Crippen molar-refractivity contribution in [2.75, 3.05) is 20.8 Å². The molecule has 1 aromatic heterocycles. The summed E-state index contributed by atoms with van der Waals surface area (Å²) in [6.07, 6.45) is 5.05. The second kappa shape index (κ2) is 9.52. The molecular weight excluding hydrogens is 348 g/mol. The number of hydrogen-bond acceptors (Lipinski definition) is 6. The third-order valence-electron chi connectivity index (χ3n) is 3.40. The monoisotopic (exact) mass is 372 g/mol. The highest BCUT2D eigenvalue weighted by molar-refractivity contribution is 5.71. The fourth-order valence-corrected chi connectivity index (χ4v) is 2.35. The SMILES string of the molecule is C=CCOc1c(OC)cc(/C=C/c2cc(OC(C)C)cc(=O)o2)cc1OC. The van der Waals surface area contributed by atoms with Crippen LogP contribution < -0.4 is 24.6 Å². The summed E-state index contributed by atoms with van der Waals surface area (Å²) in [5.41, 5.74) is 0.309. The van der Waals surface area contributed by atoms with Gasteiger partial charge in [0.15, 0.2) is 11.5 Å². The zero-order valence-electron chi connectivity index (χ0n) is 16.0. The zero-order valence-corrected chi connectivity index (χ0v) is 16.0. The van der Waals surface area contributed by atoms with Crippen molar-refractivity contribution in [2.24, 2.45) is 0 Å². The summed E-state index contributed by atoms with van der Waals surface area (Å²) < 4.78 is 27.1. The molecule has 0 amide bonds. The predicted molar refractivity (Wildman–Crippen MR) is 105 cm³/mol. The largest absolute Gasteiger partial charge is 0.493 e. The lowest BCUT2D eigenvalue weighted by atomic mass is 10.1. The Morgan fingerprint density at radius 2 is 1.74 bits per heavy atom. The van der Waals surface area contributed by atoms with E-state index >= 15 is 0 Å². The maximum atomic E-state index is 11.7. The van der Waals surface area contributed by atoms with Crippen LogP contribution in [0.5, 0.6) is 23.0 Å². The van der Waals surface area contributed by atoms with Crippen LogP contribution in [0.4, 0.5) is 0 Å². The van der Waals surface area contributed by atoms with E-state index in [4.69, 9.17) is 23.4 Å². The summed E-state index contributed by atoms with van der Waals surface area (Å²) in [5.74, 6) is 2.38. The molecular formula is C21H24O6. The highest BCUT2D eigenvalue weighted by Gasteiger charge is 2.13. The van der Waals surface area contributed by atoms with E-state index in [1.54, 1.807) is 50.6 Å². The van der Waals surface area contributed by atoms with Crippen molar-refractivity contribution in [3.05, 3.63) is 58.7 Å². The van der Waals surface area contributed by atoms with Crippen LogP contribution in [-0.2, 0) is 0 Å². The molecule has 0 saturated carbocycles. The van der Waals surface area contributed by atoms with Crippen molar-refractivity contribution < 1.29 is 23.4 Å². The molecule has 1 heterocycles. The Kier molecular flexibility index (Phi) is 7.11. The number of ether oxygens (including phenoxy) is 4. The third-order valence-corrected chi connectivity index (χ3v) is 3.40. The van der Waals surface area contributed by atoms with Crippen LogP contribution in [0, 0.1) is 0 Å². The maximum Gasteiger partial charge on any atom is 0.339 e. The molecule has 0 aliphatic rings. The average molecular weight is 372 g/mol. The molecule has 0 spiro atoms. The highest BCUT2D eigenvalue weighted by atomic mass is 16.5. The lowest BCUT2D eigenvalue weighted by Crippen LogP contribution is -2.08. The summed E-state index contributed by atoms with van der Waals surface area (Å²) >= 11 is 0. The smallest absolute Gasteiger partial charge is 0.339 e. The van der Waals surface area contributed by atoms with Gasteiger partial charge in [-0.2, -0.15) is 0 Å². The predicted octanol–water partition coefficient (Wildman–Crippen LogP) is 4.18. The topological polar surface area (TPSA) is 67.1 Å². The molecule has 0 aliphatic heterocycles. The van der Waals surface area contributed by atoms with Crippen LogP contribution in [0.3, 0.4) is 0 Å².